The maximum atomic E-state index is 12.5. The van der Waals surface area contributed by atoms with Crippen molar-refractivity contribution in [2.24, 2.45) is 0 Å². The number of hydrogen-bond acceptors (Lipinski definition) is 2. The number of aromatic nitrogens is 2. The third kappa shape index (κ3) is 3.60. The van der Waals surface area contributed by atoms with Gasteiger partial charge < -0.3 is 5.32 Å². The third-order valence-electron chi connectivity index (χ3n) is 2.84. The molecule has 0 radical (unpaired) electrons. The van der Waals surface area contributed by atoms with Crippen LogP contribution in [0.25, 0.3) is 5.69 Å². The Labute approximate surface area is 115 Å². The molecule has 0 amide bonds. The maximum absolute atomic E-state index is 12.5. The van der Waals surface area contributed by atoms with E-state index in [1.54, 1.807) is 6.07 Å². The lowest BCUT2D eigenvalue weighted by molar-refractivity contribution is -0.137. The molecule has 108 valence electrons. The normalized spacial score (nSPS) is 11.8. The van der Waals surface area contributed by atoms with E-state index in [0.717, 1.165) is 30.9 Å². The minimum absolute atomic E-state index is 0.622. The van der Waals surface area contributed by atoms with Crippen molar-refractivity contribution < 1.29 is 13.2 Å². The van der Waals surface area contributed by atoms with Gasteiger partial charge in [0.15, 0.2) is 0 Å². The number of rotatable bonds is 5. The first-order valence-corrected chi connectivity index (χ1v) is 6.42. The fraction of sp³-hybridized carbons (Fsp3) is 0.357. The minimum Gasteiger partial charge on any atom is -0.313 e. The molecule has 0 aliphatic rings. The molecule has 0 spiro atoms. The summed E-state index contributed by atoms with van der Waals surface area (Å²) in [7, 11) is 0. The molecule has 0 saturated carbocycles. The lowest BCUT2D eigenvalue weighted by Gasteiger charge is -2.06. The van der Waals surface area contributed by atoms with Crippen molar-refractivity contribution in [1.82, 2.24) is 15.1 Å². The van der Waals surface area contributed by atoms with Crippen LogP contribution in [0.1, 0.15) is 24.5 Å². The third-order valence-corrected chi connectivity index (χ3v) is 2.84. The van der Waals surface area contributed by atoms with Gasteiger partial charge in [-0.2, -0.15) is 18.3 Å². The monoisotopic (exact) mass is 283 g/mol. The molecule has 0 fully saturated rings. The molecule has 6 heteroatoms. The van der Waals surface area contributed by atoms with Crippen molar-refractivity contribution >= 4 is 0 Å². The second-order valence-corrected chi connectivity index (χ2v) is 4.52. The van der Waals surface area contributed by atoms with Gasteiger partial charge in [0, 0.05) is 12.7 Å². The van der Waals surface area contributed by atoms with Crippen LogP contribution in [0, 0.1) is 0 Å². The first-order chi connectivity index (χ1) is 9.50. The van der Waals surface area contributed by atoms with Crippen LogP contribution in [0.3, 0.4) is 0 Å². The Morgan fingerprint density at radius 3 is 2.75 bits per heavy atom. The van der Waals surface area contributed by atoms with E-state index in [1.165, 1.54) is 4.68 Å². The van der Waals surface area contributed by atoms with Crippen LogP contribution in [0.15, 0.2) is 36.7 Å². The standard InChI is InChI=1S/C14H16F3N3/c1-2-6-18-8-11-4-3-5-13(7-11)20-10-12(9-19-20)14(15,16)17/h3-5,7,9-10,18H,2,6,8H2,1H3. The Morgan fingerprint density at radius 2 is 2.10 bits per heavy atom. The maximum Gasteiger partial charge on any atom is 0.419 e. The molecule has 0 unspecified atom stereocenters. The first-order valence-electron chi connectivity index (χ1n) is 6.42. The Bertz CT molecular complexity index is 561. The van der Waals surface area contributed by atoms with Gasteiger partial charge in [-0.05, 0) is 30.7 Å². The highest BCUT2D eigenvalue weighted by atomic mass is 19.4. The first kappa shape index (κ1) is 14.6. The van der Waals surface area contributed by atoms with E-state index in [9.17, 15) is 13.2 Å². The fourth-order valence-electron chi connectivity index (χ4n) is 1.83. The molecule has 2 rings (SSSR count). The van der Waals surface area contributed by atoms with E-state index < -0.39 is 11.7 Å². The van der Waals surface area contributed by atoms with Gasteiger partial charge in [-0.1, -0.05) is 19.1 Å². The van der Waals surface area contributed by atoms with Gasteiger partial charge in [-0.25, -0.2) is 4.68 Å². The molecule has 0 atom stereocenters. The Kier molecular flexibility index (Phi) is 4.44. The number of halogens is 3. The second-order valence-electron chi connectivity index (χ2n) is 4.52. The van der Waals surface area contributed by atoms with Crippen LogP contribution in [-0.2, 0) is 12.7 Å². The highest BCUT2D eigenvalue weighted by Gasteiger charge is 2.32. The summed E-state index contributed by atoms with van der Waals surface area (Å²) in [5.41, 5.74) is 0.892. The van der Waals surface area contributed by atoms with Crippen molar-refractivity contribution in [3.8, 4) is 5.69 Å². The van der Waals surface area contributed by atoms with E-state index in [-0.39, 0.29) is 0 Å². The highest BCUT2D eigenvalue weighted by molar-refractivity contribution is 5.35. The molecule has 2 aromatic rings. The van der Waals surface area contributed by atoms with E-state index in [1.807, 2.05) is 18.2 Å². The summed E-state index contributed by atoms with van der Waals surface area (Å²) >= 11 is 0. The molecule has 0 aliphatic carbocycles. The van der Waals surface area contributed by atoms with Crippen LogP contribution in [0.2, 0.25) is 0 Å². The fourth-order valence-corrected chi connectivity index (χ4v) is 1.83. The van der Waals surface area contributed by atoms with Gasteiger partial charge in [-0.3, -0.25) is 0 Å². The number of hydrogen-bond donors (Lipinski definition) is 1. The smallest absolute Gasteiger partial charge is 0.313 e. The van der Waals surface area contributed by atoms with Crippen LogP contribution >= 0.6 is 0 Å². The number of nitrogens with one attached hydrogen (secondary N) is 1. The Hall–Kier alpha value is -1.82. The van der Waals surface area contributed by atoms with Crippen molar-refractivity contribution in [3.63, 3.8) is 0 Å². The summed E-state index contributed by atoms with van der Waals surface area (Å²) in [6, 6.07) is 7.31. The molecule has 0 aliphatic heterocycles. The molecule has 0 saturated heterocycles. The summed E-state index contributed by atoms with van der Waals surface area (Å²) in [6.45, 7) is 3.67. The van der Waals surface area contributed by atoms with Crippen LogP contribution in [0.5, 0.6) is 0 Å². The van der Waals surface area contributed by atoms with E-state index in [2.05, 4.69) is 17.3 Å². The molecule has 1 heterocycles. The molecule has 1 aromatic carbocycles. The number of benzene rings is 1. The second kappa shape index (κ2) is 6.09. The van der Waals surface area contributed by atoms with Crippen molar-refractivity contribution in [3.05, 3.63) is 47.8 Å². The molecule has 0 bridgehead atoms. The topological polar surface area (TPSA) is 29.9 Å². The number of alkyl halides is 3. The molecule has 20 heavy (non-hydrogen) atoms. The minimum atomic E-state index is -4.36. The van der Waals surface area contributed by atoms with E-state index >= 15 is 0 Å². The summed E-state index contributed by atoms with van der Waals surface area (Å²) in [6.07, 6.45) is -1.49. The SMILES string of the molecule is CCCNCc1cccc(-n2cc(C(F)(F)F)cn2)c1. The summed E-state index contributed by atoms with van der Waals surface area (Å²) in [4.78, 5) is 0. The van der Waals surface area contributed by atoms with Crippen molar-refractivity contribution in [1.29, 1.82) is 0 Å². The summed E-state index contributed by atoms with van der Waals surface area (Å²) < 4.78 is 38.9. The average molecular weight is 283 g/mol. The zero-order valence-corrected chi connectivity index (χ0v) is 11.1. The van der Waals surface area contributed by atoms with Crippen LogP contribution in [-0.4, -0.2) is 16.3 Å². The highest BCUT2D eigenvalue weighted by Crippen LogP contribution is 2.29. The quantitative estimate of drug-likeness (QED) is 0.852. The van der Waals surface area contributed by atoms with E-state index in [0.29, 0.717) is 12.2 Å². The van der Waals surface area contributed by atoms with Gasteiger partial charge in [0.25, 0.3) is 0 Å². The molecular weight excluding hydrogens is 267 g/mol. The van der Waals surface area contributed by atoms with Gasteiger partial charge in [0.1, 0.15) is 0 Å². The van der Waals surface area contributed by atoms with Crippen LogP contribution in [0.4, 0.5) is 13.2 Å². The van der Waals surface area contributed by atoms with E-state index in [4.69, 9.17) is 0 Å². The Morgan fingerprint density at radius 1 is 1.30 bits per heavy atom. The zero-order chi connectivity index (χ0) is 14.6. The molecular formula is C14H16F3N3. The van der Waals surface area contributed by atoms with Crippen molar-refractivity contribution in [2.75, 3.05) is 6.54 Å². The van der Waals surface area contributed by atoms with Gasteiger partial charge in [0.2, 0.25) is 0 Å². The molecule has 1 aromatic heterocycles. The summed E-state index contributed by atoms with van der Waals surface area (Å²) in [5, 5.41) is 7.02. The largest absolute Gasteiger partial charge is 0.419 e. The van der Waals surface area contributed by atoms with Crippen LogP contribution < -0.4 is 5.32 Å². The zero-order valence-electron chi connectivity index (χ0n) is 11.1. The average Bonchev–Trinajstić information content (AvgIpc) is 2.89. The lowest BCUT2D eigenvalue weighted by atomic mass is 10.2. The summed E-state index contributed by atoms with van der Waals surface area (Å²) in [5.74, 6) is 0. The number of nitrogens with zero attached hydrogens (tertiary/aromatic N) is 2. The predicted octanol–water partition coefficient (Wildman–Crippen LogP) is 3.39. The molecule has 1 N–H and O–H groups in total. The molecule has 3 nitrogen and oxygen atoms in total. The van der Waals surface area contributed by atoms with Crippen molar-refractivity contribution in [2.45, 2.75) is 26.1 Å². The Balaban J connectivity index is 2.16. The van der Waals surface area contributed by atoms with Gasteiger partial charge in [0.05, 0.1) is 17.4 Å². The predicted molar refractivity (Wildman–Crippen MR) is 70.6 cm³/mol. The van der Waals surface area contributed by atoms with Gasteiger partial charge >= 0.3 is 6.18 Å². The van der Waals surface area contributed by atoms with Gasteiger partial charge in [-0.15, -0.1) is 0 Å². The lowest BCUT2D eigenvalue weighted by Crippen LogP contribution is -2.13.